The normalized spacial score (nSPS) is 35.7. The number of carbonyl (C=O) groups excluding carboxylic acids is 2. The van der Waals surface area contributed by atoms with E-state index in [2.05, 4.69) is 15.5 Å². The summed E-state index contributed by atoms with van der Waals surface area (Å²) in [6.45, 7) is 4.46. The van der Waals surface area contributed by atoms with Gasteiger partial charge in [0.05, 0.1) is 0 Å². The fourth-order valence-corrected chi connectivity index (χ4v) is 5.18. The van der Waals surface area contributed by atoms with E-state index in [1.165, 1.54) is 32.5 Å². The van der Waals surface area contributed by atoms with Crippen molar-refractivity contribution in [2.75, 3.05) is 26.2 Å². The van der Waals surface area contributed by atoms with Gasteiger partial charge in [-0.25, -0.2) is 4.79 Å². The summed E-state index contributed by atoms with van der Waals surface area (Å²) in [7, 11) is 0. The van der Waals surface area contributed by atoms with Gasteiger partial charge in [-0.15, -0.1) is 0 Å². The Morgan fingerprint density at radius 1 is 1.22 bits per heavy atom. The van der Waals surface area contributed by atoms with Crippen LogP contribution >= 0.6 is 0 Å². The van der Waals surface area contributed by atoms with Crippen LogP contribution in [0.4, 0.5) is 4.79 Å². The summed E-state index contributed by atoms with van der Waals surface area (Å²) in [6.07, 6.45) is 6.82. The molecule has 6 heteroatoms. The first kappa shape index (κ1) is 14.1. The minimum absolute atomic E-state index is 0.0626. The summed E-state index contributed by atoms with van der Waals surface area (Å²) in [4.78, 5) is 28.7. The van der Waals surface area contributed by atoms with Crippen molar-refractivity contribution < 1.29 is 9.59 Å². The highest BCUT2D eigenvalue weighted by Gasteiger charge is 2.53. The van der Waals surface area contributed by atoms with E-state index in [0.717, 1.165) is 31.6 Å². The lowest BCUT2D eigenvalue weighted by molar-refractivity contribution is -0.132. The molecule has 0 radical (unpaired) electrons. The monoisotopic (exact) mass is 318 g/mol. The Hall–Kier alpha value is -1.30. The number of nitrogens with zero attached hydrogens (tertiary/aromatic N) is 2. The zero-order chi connectivity index (χ0) is 15.6. The smallest absolute Gasteiger partial charge is 0.318 e. The summed E-state index contributed by atoms with van der Waals surface area (Å²) in [5.41, 5.74) is 0.496. The molecule has 3 saturated heterocycles. The summed E-state index contributed by atoms with van der Waals surface area (Å²) >= 11 is 0. The van der Waals surface area contributed by atoms with Crippen LogP contribution < -0.4 is 10.6 Å². The maximum absolute atomic E-state index is 12.5. The average Bonchev–Trinajstić information content (AvgIpc) is 3.21. The van der Waals surface area contributed by atoms with Crippen molar-refractivity contribution in [3.8, 4) is 0 Å². The molecule has 2 N–H and O–H groups in total. The SMILES string of the molecule is O=C(NC1CC2(C1)CN(CC1CC1)C2)[C@@H]1CC[C@@H]2CN1C(=O)N2. The van der Waals surface area contributed by atoms with E-state index >= 15 is 0 Å². The number of rotatable bonds is 4. The Bertz CT molecular complexity index is 533. The molecule has 2 atom stereocenters. The molecule has 2 bridgehead atoms. The molecular weight excluding hydrogens is 292 g/mol. The van der Waals surface area contributed by atoms with Gasteiger partial charge in [0.25, 0.3) is 0 Å². The van der Waals surface area contributed by atoms with Crippen LogP contribution in [-0.4, -0.2) is 66.0 Å². The van der Waals surface area contributed by atoms with Crippen molar-refractivity contribution in [1.29, 1.82) is 0 Å². The molecule has 2 aliphatic carbocycles. The molecule has 126 valence electrons. The van der Waals surface area contributed by atoms with Gasteiger partial charge in [0.15, 0.2) is 0 Å². The van der Waals surface area contributed by atoms with Gasteiger partial charge in [-0.3, -0.25) is 4.79 Å². The number of fused-ring (bicyclic) bond motifs is 2. The Morgan fingerprint density at radius 3 is 2.74 bits per heavy atom. The van der Waals surface area contributed by atoms with Crippen LogP contribution in [0.25, 0.3) is 0 Å². The van der Waals surface area contributed by atoms with Gasteiger partial charge < -0.3 is 20.4 Å². The summed E-state index contributed by atoms with van der Waals surface area (Å²) < 4.78 is 0. The molecule has 0 aromatic heterocycles. The van der Waals surface area contributed by atoms with E-state index in [1.807, 2.05) is 0 Å². The average molecular weight is 318 g/mol. The highest BCUT2D eigenvalue weighted by Crippen LogP contribution is 2.49. The van der Waals surface area contributed by atoms with E-state index in [-0.39, 0.29) is 24.0 Å². The van der Waals surface area contributed by atoms with Gasteiger partial charge in [-0.05, 0) is 49.9 Å². The van der Waals surface area contributed by atoms with Gasteiger partial charge in [0, 0.05) is 38.3 Å². The molecule has 5 rings (SSSR count). The summed E-state index contributed by atoms with van der Waals surface area (Å²) in [5, 5.41) is 6.14. The standard InChI is InChI=1S/C17H26N4O2/c22-15(14-4-3-12-8-21(14)16(23)19-12)18-13-5-17(6-13)9-20(10-17)7-11-1-2-11/h11-14H,1-10H2,(H,18,22)(H,19,23)/t12-,14+/m1/s1. The van der Waals surface area contributed by atoms with Crippen LogP contribution in [0.5, 0.6) is 0 Å². The van der Waals surface area contributed by atoms with Gasteiger partial charge in [0.2, 0.25) is 5.91 Å². The van der Waals surface area contributed by atoms with E-state index in [4.69, 9.17) is 0 Å². The predicted octanol–water partition coefficient (Wildman–Crippen LogP) is 0.533. The van der Waals surface area contributed by atoms with Gasteiger partial charge in [0.1, 0.15) is 6.04 Å². The molecule has 3 aliphatic heterocycles. The first-order chi connectivity index (χ1) is 11.1. The Labute approximate surface area is 136 Å². The molecule has 3 heterocycles. The minimum Gasteiger partial charge on any atom is -0.352 e. The Kier molecular flexibility index (Phi) is 2.97. The number of carbonyl (C=O) groups is 2. The van der Waals surface area contributed by atoms with Crippen LogP contribution in [0.1, 0.15) is 38.5 Å². The Balaban J connectivity index is 1.10. The fraction of sp³-hybridized carbons (Fsp3) is 0.882. The number of urea groups is 1. The third-order valence-corrected chi connectivity index (χ3v) is 6.51. The lowest BCUT2D eigenvalue weighted by Crippen LogP contribution is -2.67. The van der Waals surface area contributed by atoms with Gasteiger partial charge in [-0.1, -0.05) is 0 Å². The highest BCUT2D eigenvalue weighted by molar-refractivity contribution is 5.89. The number of amides is 3. The maximum atomic E-state index is 12.5. The molecule has 23 heavy (non-hydrogen) atoms. The van der Waals surface area contributed by atoms with Crippen LogP contribution in [-0.2, 0) is 4.79 Å². The van der Waals surface area contributed by atoms with Crippen LogP contribution in [0.3, 0.4) is 0 Å². The first-order valence-electron chi connectivity index (χ1n) is 9.20. The quantitative estimate of drug-likeness (QED) is 0.795. The van der Waals surface area contributed by atoms with E-state index < -0.39 is 0 Å². The van der Waals surface area contributed by atoms with Crippen LogP contribution in [0.15, 0.2) is 0 Å². The van der Waals surface area contributed by atoms with Crippen molar-refractivity contribution in [2.45, 2.75) is 56.7 Å². The molecule has 1 spiro atoms. The number of hydrogen-bond donors (Lipinski definition) is 2. The first-order valence-corrected chi connectivity index (χ1v) is 9.20. The third kappa shape index (κ3) is 2.42. The van der Waals surface area contributed by atoms with Crippen LogP contribution in [0.2, 0.25) is 0 Å². The third-order valence-electron chi connectivity index (χ3n) is 6.51. The maximum Gasteiger partial charge on any atom is 0.318 e. The zero-order valence-corrected chi connectivity index (χ0v) is 13.6. The fourth-order valence-electron chi connectivity index (χ4n) is 5.18. The lowest BCUT2D eigenvalue weighted by atomic mass is 9.60. The Morgan fingerprint density at radius 2 is 2.00 bits per heavy atom. The molecule has 3 amide bonds. The molecule has 5 aliphatic rings. The molecule has 0 aromatic rings. The van der Waals surface area contributed by atoms with Crippen LogP contribution in [0, 0.1) is 11.3 Å². The van der Waals surface area contributed by atoms with Crippen molar-refractivity contribution in [2.24, 2.45) is 11.3 Å². The summed E-state index contributed by atoms with van der Waals surface area (Å²) in [5.74, 6) is 1.04. The van der Waals surface area contributed by atoms with Gasteiger partial charge >= 0.3 is 6.03 Å². The largest absolute Gasteiger partial charge is 0.352 e. The molecule has 0 unspecified atom stereocenters. The van der Waals surface area contributed by atoms with Crippen molar-refractivity contribution in [1.82, 2.24) is 20.4 Å². The number of likely N-dealkylation sites (tertiary alicyclic amines) is 1. The highest BCUT2D eigenvalue weighted by atomic mass is 16.2. The number of hydrogen-bond acceptors (Lipinski definition) is 3. The molecule has 0 aromatic carbocycles. The van der Waals surface area contributed by atoms with E-state index in [0.29, 0.717) is 18.0 Å². The second-order valence-corrected chi connectivity index (χ2v) is 8.62. The predicted molar refractivity (Wildman–Crippen MR) is 84.8 cm³/mol. The second kappa shape index (κ2) is 4.85. The lowest BCUT2D eigenvalue weighted by Gasteiger charge is -2.59. The van der Waals surface area contributed by atoms with Crippen molar-refractivity contribution in [3.05, 3.63) is 0 Å². The number of nitrogens with one attached hydrogen (secondary N) is 2. The molecule has 6 nitrogen and oxygen atoms in total. The second-order valence-electron chi connectivity index (χ2n) is 8.62. The minimum atomic E-state index is -0.252. The zero-order valence-electron chi connectivity index (χ0n) is 13.6. The molecule has 2 saturated carbocycles. The van der Waals surface area contributed by atoms with Crippen molar-refractivity contribution in [3.63, 3.8) is 0 Å². The number of piperidine rings is 1. The van der Waals surface area contributed by atoms with E-state index in [9.17, 15) is 9.59 Å². The topological polar surface area (TPSA) is 64.7 Å². The molecular formula is C17H26N4O2. The molecule has 5 fully saturated rings. The van der Waals surface area contributed by atoms with Crippen molar-refractivity contribution >= 4 is 11.9 Å². The summed E-state index contributed by atoms with van der Waals surface area (Å²) in [6, 6.07) is 0.269. The van der Waals surface area contributed by atoms with E-state index in [1.54, 1.807) is 4.90 Å². The van der Waals surface area contributed by atoms with Gasteiger partial charge in [-0.2, -0.15) is 0 Å².